The van der Waals surface area contributed by atoms with E-state index >= 15 is 0 Å². The average molecular weight is 260 g/mol. The first kappa shape index (κ1) is 12.1. The Kier molecular flexibility index (Phi) is 4.41. The second-order valence-corrected chi connectivity index (χ2v) is 5.41. The zero-order valence-electron chi connectivity index (χ0n) is 9.65. The number of rotatable bonds is 4. The fraction of sp³-hybridized carbons (Fsp3) is 0.818. The van der Waals surface area contributed by atoms with Gasteiger partial charge < -0.3 is 4.90 Å². The van der Waals surface area contributed by atoms with E-state index in [9.17, 15) is 0 Å². The molecule has 2 rings (SSSR count). The van der Waals surface area contributed by atoms with Crippen molar-refractivity contribution in [2.75, 3.05) is 17.3 Å². The molecule has 0 N–H and O–H groups in total. The van der Waals surface area contributed by atoms with Gasteiger partial charge in [0.2, 0.25) is 5.13 Å². The molecule has 1 fully saturated rings. The third kappa shape index (κ3) is 2.86. The number of aromatic nitrogens is 2. The summed E-state index contributed by atoms with van der Waals surface area (Å²) >= 11 is 7.38. The predicted octanol–water partition coefficient (Wildman–Crippen LogP) is 3.22. The Hall–Kier alpha value is -0.350. The van der Waals surface area contributed by atoms with Gasteiger partial charge in [0.15, 0.2) is 0 Å². The largest absolute Gasteiger partial charge is 0.343 e. The topological polar surface area (TPSA) is 29.0 Å². The maximum atomic E-state index is 5.89. The Balaban J connectivity index is 2.09. The van der Waals surface area contributed by atoms with E-state index < -0.39 is 0 Å². The van der Waals surface area contributed by atoms with E-state index in [1.165, 1.54) is 43.6 Å². The van der Waals surface area contributed by atoms with E-state index in [1.807, 2.05) is 6.92 Å². The Morgan fingerprint density at radius 1 is 1.38 bits per heavy atom. The molecule has 0 amide bonds. The minimum absolute atomic E-state index is 0.625. The molecule has 0 bridgehead atoms. The smallest absolute Gasteiger partial charge is 0.205 e. The van der Waals surface area contributed by atoms with Crippen molar-refractivity contribution >= 4 is 28.3 Å². The second-order valence-electron chi connectivity index (χ2n) is 4.30. The Morgan fingerprint density at radius 3 is 2.69 bits per heavy atom. The maximum Gasteiger partial charge on any atom is 0.205 e. The second kappa shape index (κ2) is 5.82. The van der Waals surface area contributed by atoms with Crippen molar-refractivity contribution < 1.29 is 0 Å². The van der Waals surface area contributed by atoms with Crippen LogP contribution in [0.15, 0.2) is 0 Å². The molecule has 0 atom stereocenters. The van der Waals surface area contributed by atoms with Crippen LogP contribution in [0, 0.1) is 6.92 Å². The van der Waals surface area contributed by atoms with Gasteiger partial charge in [0, 0.05) is 30.0 Å². The highest BCUT2D eigenvalue weighted by atomic mass is 35.5. The van der Waals surface area contributed by atoms with E-state index in [2.05, 4.69) is 14.3 Å². The van der Waals surface area contributed by atoms with Gasteiger partial charge in [-0.15, -0.1) is 11.6 Å². The van der Waals surface area contributed by atoms with Crippen molar-refractivity contribution in [3.05, 3.63) is 5.82 Å². The predicted molar refractivity (Wildman–Crippen MR) is 69.6 cm³/mol. The van der Waals surface area contributed by atoms with Gasteiger partial charge in [-0.1, -0.05) is 19.3 Å². The van der Waals surface area contributed by atoms with E-state index in [0.717, 1.165) is 17.5 Å². The van der Waals surface area contributed by atoms with Crippen LogP contribution in [0.2, 0.25) is 0 Å². The molecule has 0 saturated heterocycles. The normalized spacial score (nSPS) is 17.6. The Morgan fingerprint density at radius 2 is 2.12 bits per heavy atom. The van der Waals surface area contributed by atoms with Crippen molar-refractivity contribution in [3.63, 3.8) is 0 Å². The lowest BCUT2D eigenvalue weighted by molar-refractivity contribution is 0.418. The number of halogens is 1. The first-order valence-corrected chi connectivity index (χ1v) is 7.25. The number of nitrogens with zero attached hydrogens (tertiary/aromatic N) is 3. The summed E-state index contributed by atoms with van der Waals surface area (Å²) in [5.74, 6) is 1.53. The average Bonchev–Trinajstić information content (AvgIpc) is 2.74. The van der Waals surface area contributed by atoms with Gasteiger partial charge in [0.05, 0.1) is 0 Å². The molecule has 0 unspecified atom stereocenters. The van der Waals surface area contributed by atoms with E-state index in [4.69, 9.17) is 11.6 Å². The zero-order chi connectivity index (χ0) is 11.4. The molecule has 0 aliphatic heterocycles. The third-order valence-electron chi connectivity index (χ3n) is 3.10. The van der Waals surface area contributed by atoms with Crippen molar-refractivity contribution in [2.45, 2.75) is 45.1 Å². The summed E-state index contributed by atoms with van der Waals surface area (Å²) in [4.78, 5) is 6.84. The highest BCUT2D eigenvalue weighted by Crippen LogP contribution is 2.28. The fourth-order valence-electron chi connectivity index (χ4n) is 2.32. The summed E-state index contributed by atoms with van der Waals surface area (Å²) in [5.41, 5.74) is 0. The summed E-state index contributed by atoms with van der Waals surface area (Å²) in [6, 6.07) is 0.625. The highest BCUT2D eigenvalue weighted by Gasteiger charge is 2.23. The molecular formula is C11H18ClN3S. The first-order valence-electron chi connectivity index (χ1n) is 5.94. The minimum Gasteiger partial charge on any atom is -0.343 e. The maximum absolute atomic E-state index is 5.89. The van der Waals surface area contributed by atoms with E-state index in [1.54, 1.807) is 0 Å². The van der Waals surface area contributed by atoms with Crippen LogP contribution < -0.4 is 4.90 Å². The monoisotopic (exact) mass is 259 g/mol. The molecule has 1 aromatic rings. The van der Waals surface area contributed by atoms with Crippen molar-refractivity contribution in [3.8, 4) is 0 Å². The molecular weight excluding hydrogens is 242 g/mol. The van der Waals surface area contributed by atoms with Gasteiger partial charge >= 0.3 is 0 Å². The molecule has 1 aliphatic rings. The van der Waals surface area contributed by atoms with Crippen molar-refractivity contribution in [2.24, 2.45) is 0 Å². The molecule has 1 aliphatic carbocycles. The van der Waals surface area contributed by atoms with Gasteiger partial charge in [-0.25, -0.2) is 4.98 Å². The van der Waals surface area contributed by atoms with E-state index in [0.29, 0.717) is 11.9 Å². The number of aryl methyl sites for hydroxylation is 1. The molecule has 3 nitrogen and oxygen atoms in total. The van der Waals surface area contributed by atoms with Gasteiger partial charge in [-0.2, -0.15) is 4.37 Å². The van der Waals surface area contributed by atoms with Crippen molar-refractivity contribution in [1.29, 1.82) is 0 Å². The molecule has 16 heavy (non-hydrogen) atoms. The molecule has 5 heteroatoms. The van der Waals surface area contributed by atoms with Gasteiger partial charge in [-0.05, 0) is 19.8 Å². The lowest BCUT2D eigenvalue weighted by Crippen LogP contribution is -2.38. The van der Waals surface area contributed by atoms with Gasteiger partial charge in [0.1, 0.15) is 5.82 Å². The molecule has 90 valence electrons. The molecule has 0 radical (unpaired) electrons. The number of hydrogen-bond acceptors (Lipinski definition) is 4. The summed E-state index contributed by atoms with van der Waals surface area (Å²) in [5, 5.41) is 1.05. The lowest BCUT2D eigenvalue weighted by Gasteiger charge is -2.33. The molecule has 1 aromatic heterocycles. The van der Waals surface area contributed by atoms with Crippen LogP contribution in [0.1, 0.15) is 37.9 Å². The quantitative estimate of drug-likeness (QED) is 0.778. The fourth-order valence-corrected chi connectivity index (χ4v) is 3.28. The third-order valence-corrected chi connectivity index (χ3v) is 4.12. The minimum atomic E-state index is 0.625. The van der Waals surface area contributed by atoms with Crippen LogP contribution >= 0.6 is 23.1 Å². The van der Waals surface area contributed by atoms with Crippen LogP contribution in [0.5, 0.6) is 0 Å². The summed E-state index contributed by atoms with van der Waals surface area (Å²) in [6.45, 7) is 2.83. The van der Waals surface area contributed by atoms with Gasteiger partial charge in [-0.3, -0.25) is 0 Å². The van der Waals surface area contributed by atoms with E-state index in [-0.39, 0.29) is 0 Å². The van der Waals surface area contributed by atoms with Crippen LogP contribution in [-0.2, 0) is 0 Å². The van der Waals surface area contributed by atoms with Crippen LogP contribution in [0.3, 0.4) is 0 Å². The standard InChI is InChI=1S/C11H18ClN3S/c1-9-13-11(16-14-9)15(8-7-12)10-5-3-2-4-6-10/h10H,2-8H2,1H3. The summed E-state index contributed by atoms with van der Waals surface area (Å²) < 4.78 is 4.26. The molecule has 1 saturated carbocycles. The lowest BCUT2D eigenvalue weighted by atomic mass is 9.94. The van der Waals surface area contributed by atoms with Crippen molar-refractivity contribution in [1.82, 2.24) is 9.36 Å². The number of anilines is 1. The zero-order valence-corrected chi connectivity index (χ0v) is 11.2. The van der Waals surface area contributed by atoms with Crippen LogP contribution in [0.25, 0.3) is 0 Å². The van der Waals surface area contributed by atoms with Gasteiger partial charge in [0.25, 0.3) is 0 Å². The Bertz CT molecular complexity index is 323. The Labute approximate surface area is 106 Å². The molecule has 0 spiro atoms. The van der Waals surface area contributed by atoms with Crippen LogP contribution in [-0.4, -0.2) is 27.8 Å². The highest BCUT2D eigenvalue weighted by molar-refractivity contribution is 7.09. The SMILES string of the molecule is Cc1nsc(N(CCCl)C2CCCCC2)n1. The number of alkyl halides is 1. The summed E-state index contributed by atoms with van der Waals surface area (Å²) in [6.07, 6.45) is 6.59. The first-order chi connectivity index (χ1) is 7.81. The van der Waals surface area contributed by atoms with Crippen LogP contribution in [0.4, 0.5) is 5.13 Å². The number of hydrogen-bond donors (Lipinski definition) is 0. The molecule has 0 aromatic carbocycles. The molecule has 1 heterocycles. The summed E-state index contributed by atoms with van der Waals surface area (Å²) in [7, 11) is 0.